The number of anilines is 1. The summed E-state index contributed by atoms with van der Waals surface area (Å²) >= 11 is 13.4. The minimum atomic E-state index is -1.13. The van der Waals surface area contributed by atoms with E-state index in [1.165, 1.54) is 0 Å². The van der Waals surface area contributed by atoms with Crippen molar-refractivity contribution in [3.8, 4) is 16.9 Å². The molecule has 2 aromatic carbocycles. The Kier molecular flexibility index (Phi) is 8.43. The van der Waals surface area contributed by atoms with Crippen molar-refractivity contribution in [3.63, 3.8) is 0 Å². The molecule has 0 spiro atoms. The van der Waals surface area contributed by atoms with Gasteiger partial charge in [0.15, 0.2) is 5.69 Å². The minimum absolute atomic E-state index is 0.0114. The molecule has 4 aromatic heterocycles. The van der Waals surface area contributed by atoms with Gasteiger partial charge in [0.2, 0.25) is 0 Å². The standard InChI is InChI=1S/C38H38Cl2N6O4/c1-19-16-24(17-20(2)31(19)40)50-15-9-11-25-26-12-13-28(39)30(29-22(4)42-44(7)23(29)5)32(26)45-18-21(3)46(37(47)34(25)45)33-27-10-8-14-41-36(27)43(6)35(33)38(48)49/h8,10,12-14,16-17,21H,9,11,15,18H2,1-7H3,(H,48,49)/t21-/m1/s1. The maximum Gasteiger partial charge on any atom is 0.354 e. The number of benzene rings is 2. The molecule has 0 unspecified atom stereocenters. The molecule has 0 saturated heterocycles. The molecule has 1 amide bonds. The number of carboxylic acids is 1. The lowest BCUT2D eigenvalue weighted by atomic mass is 9.98. The zero-order chi connectivity index (χ0) is 35.8. The van der Waals surface area contributed by atoms with E-state index in [2.05, 4.69) is 14.6 Å². The molecule has 50 heavy (non-hydrogen) atoms. The normalized spacial score (nSPS) is 14.6. The molecular formula is C38H38Cl2N6O4. The summed E-state index contributed by atoms with van der Waals surface area (Å²) in [4.78, 5) is 33.9. The first-order chi connectivity index (χ1) is 23.8. The van der Waals surface area contributed by atoms with E-state index >= 15 is 4.79 Å². The molecule has 258 valence electrons. The van der Waals surface area contributed by atoms with E-state index in [9.17, 15) is 9.90 Å². The average Bonchev–Trinajstić information content (AvgIpc) is 3.63. The van der Waals surface area contributed by atoms with E-state index < -0.39 is 12.0 Å². The van der Waals surface area contributed by atoms with Crippen LogP contribution in [-0.4, -0.2) is 53.5 Å². The number of amides is 1. The Morgan fingerprint density at radius 3 is 2.42 bits per heavy atom. The zero-order valence-corrected chi connectivity index (χ0v) is 30.6. The van der Waals surface area contributed by atoms with Crippen LogP contribution in [0.1, 0.15) is 62.4 Å². The number of carbonyl (C=O) groups excluding carboxylic acids is 1. The van der Waals surface area contributed by atoms with Crippen molar-refractivity contribution >= 4 is 62.7 Å². The second-order valence-electron chi connectivity index (χ2n) is 13.2. The van der Waals surface area contributed by atoms with Gasteiger partial charge in [0.05, 0.1) is 34.6 Å². The van der Waals surface area contributed by atoms with Crippen molar-refractivity contribution in [2.24, 2.45) is 14.1 Å². The fraction of sp³-hybridized carbons (Fsp3) is 0.316. The van der Waals surface area contributed by atoms with Gasteiger partial charge in [-0.15, -0.1) is 0 Å². The summed E-state index contributed by atoms with van der Waals surface area (Å²) < 4.78 is 11.7. The van der Waals surface area contributed by atoms with Gasteiger partial charge < -0.3 is 19.0 Å². The van der Waals surface area contributed by atoms with Crippen LogP contribution in [0.3, 0.4) is 0 Å². The van der Waals surface area contributed by atoms with Gasteiger partial charge in [-0.1, -0.05) is 29.3 Å². The number of nitrogens with zero attached hydrogens (tertiary/aromatic N) is 6. The molecule has 5 heterocycles. The van der Waals surface area contributed by atoms with Crippen molar-refractivity contribution in [1.82, 2.24) is 23.9 Å². The predicted molar refractivity (Wildman–Crippen MR) is 197 cm³/mol. The number of hydrogen-bond donors (Lipinski definition) is 1. The van der Waals surface area contributed by atoms with E-state index in [0.29, 0.717) is 53.4 Å². The molecule has 7 rings (SSSR count). The first kappa shape index (κ1) is 33.7. The monoisotopic (exact) mass is 712 g/mol. The summed E-state index contributed by atoms with van der Waals surface area (Å²) in [5.74, 6) is -0.666. The number of ether oxygens (including phenoxy) is 1. The fourth-order valence-corrected chi connectivity index (χ4v) is 8.04. The van der Waals surface area contributed by atoms with Crippen molar-refractivity contribution in [3.05, 3.63) is 92.1 Å². The lowest BCUT2D eigenvalue weighted by Crippen LogP contribution is -2.47. The van der Waals surface area contributed by atoms with Crippen LogP contribution in [0.4, 0.5) is 5.69 Å². The number of aromatic carboxylic acids is 1. The summed E-state index contributed by atoms with van der Waals surface area (Å²) in [7, 11) is 3.57. The third-order valence-corrected chi connectivity index (χ3v) is 10.9. The van der Waals surface area contributed by atoms with Crippen LogP contribution in [0.15, 0.2) is 42.6 Å². The fourth-order valence-electron chi connectivity index (χ4n) is 7.69. The number of pyridine rings is 1. The summed E-state index contributed by atoms with van der Waals surface area (Å²) in [6, 6.07) is 10.9. The molecule has 0 bridgehead atoms. The van der Waals surface area contributed by atoms with Gasteiger partial charge in [0.1, 0.15) is 17.1 Å². The maximum atomic E-state index is 15.1. The average molecular weight is 714 g/mol. The van der Waals surface area contributed by atoms with Crippen molar-refractivity contribution in [2.45, 2.75) is 60.0 Å². The Hall–Kier alpha value is -4.80. The van der Waals surface area contributed by atoms with Crippen LogP contribution >= 0.6 is 23.2 Å². The predicted octanol–water partition coefficient (Wildman–Crippen LogP) is 8.23. The molecule has 0 fully saturated rings. The van der Waals surface area contributed by atoms with Crippen molar-refractivity contribution in [2.75, 3.05) is 11.5 Å². The largest absolute Gasteiger partial charge is 0.494 e. The Morgan fingerprint density at radius 2 is 1.76 bits per heavy atom. The highest BCUT2D eigenvalue weighted by molar-refractivity contribution is 6.35. The van der Waals surface area contributed by atoms with Crippen LogP contribution < -0.4 is 9.64 Å². The summed E-state index contributed by atoms with van der Waals surface area (Å²) in [6.07, 6.45) is 2.78. The van der Waals surface area contributed by atoms with Gasteiger partial charge in [-0.25, -0.2) is 9.78 Å². The number of carboxylic acid groups (broad SMARTS) is 1. The van der Waals surface area contributed by atoms with Gasteiger partial charge in [-0.2, -0.15) is 5.10 Å². The van der Waals surface area contributed by atoms with Crippen molar-refractivity contribution in [1.29, 1.82) is 0 Å². The van der Waals surface area contributed by atoms with Crippen LogP contribution in [0.25, 0.3) is 33.1 Å². The Bertz CT molecular complexity index is 2360. The lowest BCUT2D eigenvalue weighted by molar-refractivity contribution is 0.0687. The number of aryl methyl sites for hydroxylation is 6. The molecule has 6 aromatic rings. The quantitative estimate of drug-likeness (QED) is 0.159. The van der Waals surface area contributed by atoms with Gasteiger partial charge in [0.25, 0.3) is 5.91 Å². The number of halogens is 2. The molecule has 0 aliphatic carbocycles. The molecule has 1 N–H and O–H groups in total. The highest BCUT2D eigenvalue weighted by Gasteiger charge is 2.40. The summed E-state index contributed by atoms with van der Waals surface area (Å²) in [5, 5.41) is 17.9. The first-order valence-corrected chi connectivity index (χ1v) is 17.3. The van der Waals surface area contributed by atoms with Crippen molar-refractivity contribution < 1.29 is 19.4 Å². The number of aromatic nitrogens is 5. The van der Waals surface area contributed by atoms with E-state index in [1.807, 2.05) is 76.7 Å². The van der Waals surface area contributed by atoms with E-state index in [1.54, 1.807) is 28.8 Å². The zero-order valence-electron chi connectivity index (χ0n) is 29.1. The molecule has 0 radical (unpaired) electrons. The second kappa shape index (κ2) is 12.5. The van der Waals surface area contributed by atoms with Gasteiger partial charge in [0, 0.05) is 59.5 Å². The molecule has 0 saturated carbocycles. The topological polar surface area (TPSA) is 107 Å². The highest BCUT2D eigenvalue weighted by atomic mass is 35.5. The third kappa shape index (κ3) is 5.15. The Morgan fingerprint density at radius 1 is 1.04 bits per heavy atom. The molecule has 1 atom stereocenters. The van der Waals surface area contributed by atoms with Crippen LogP contribution in [0.2, 0.25) is 10.0 Å². The molecule has 12 heteroatoms. The highest BCUT2D eigenvalue weighted by Crippen LogP contribution is 2.45. The van der Waals surface area contributed by atoms with E-state index in [4.69, 9.17) is 27.9 Å². The second-order valence-corrected chi connectivity index (χ2v) is 14.0. The minimum Gasteiger partial charge on any atom is -0.494 e. The van der Waals surface area contributed by atoms with Gasteiger partial charge in [-0.05, 0) is 94.5 Å². The molecular weight excluding hydrogens is 675 g/mol. The van der Waals surface area contributed by atoms with Gasteiger partial charge >= 0.3 is 5.97 Å². The molecule has 1 aliphatic rings. The smallest absolute Gasteiger partial charge is 0.354 e. The van der Waals surface area contributed by atoms with Crippen LogP contribution in [-0.2, 0) is 27.1 Å². The van der Waals surface area contributed by atoms with E-state index in [0.717, 1.165) is 60.9 Å². The third-order valence-electron chi connectivity index (χ3n) is 9.96. The molecule has 1 aliphatic heterocycles. The number of rotatable bonds is 8. The summed E-state index contributed by atoms with van der Waals surface area (Å²) in [5.41, 5.74) is 8.54. The molecule has 10 nitrogen and oxygen atoms in total. The SMILES string of the molecule is Cc1cc(OCCCc2c3n(c4c(-c5c(C)nn(C)c5C)c(Cl)ccc24)C[C@@H](C)N(c2c(C(=O)O)n(C)c4ncccc24)C3=O)cc(C)c1Cl. The lowest BCUT2D eigenvalue weighted by Gasteiger charge is -2.35. The first-order valence-electron chi connectivity index (χ1n) is 16.6. The van der Waals surface area contributed by atoms with Crippen LogP contribution in [0, 0.1) is 27.7 Å². The van der Waals surface area contributed by atoms with Gasteiger partial charge in [-0.3, -0.25) is 14.4 Å². The Balaban J connectivity index is 1.40. The van der Waals surface area contributed by atoms with E-state index in [-0.39, 0.29) is 11.6 Å². The number of hydrogen-bond acceptors (Lipinski definition) is 5. The summed E-state index contributed by atoms with van der Waals surface area (Å²) in [6.45, 7) is 10.7. The maximum absolute atomic E-state index is 15.1. The van der Waals surface area contributed by atoms with Crippen LogP contribution in [0.5, 0.6) is 5.75 Å². The Labute approximate surface area is 299 Å². The number of carbonyl (C=O) groups is 2. The number of fused-ring (bicyclic) bond motifs is 4.